The lowest BCUT2D eigenvalue weighted by Crippen LogP contribution is -2.00. The molecule has 166 valence electrons. The third kappa shape index (κ3) is 5.25. The SMILES string of the molecule is CCCCCCC(CC)c1n[nH]c(Cc2ccc(-c3ccccc3-c3nn[nH]n3)nc2)n1. The summed E-state index contributed by atoms with van der Waals surface area (Å²) in [6.07, 6.45) is 9.90. The Hall–Kier alpha value is -3.42. The molecule has 0 fully saturated rings. The number of nitrogens with one attached hydrogen (secondary N) is 2. The number of aromatic nitrogens is 8. The predicted octanol–water partition coefficient (Wildman–Crippen LogP) is 5.10. The minimum atomic E-state index is 0.430. The van der Waals surface area contributed by atoms with Gasteiger partial charge in [0.05, 0.1) is 5.69 Å². The molecule has 1 atom stereocenters. The molecule has 1 aromatic carbocycles. The van der Waals surface area contributed by atoms with Gasteiger partial charge < -0.3 is 0 Å². The molecule has 4 aromatic rings. The number of H-pyrrole nitrogens is 2. The highest BCUT2D eigenvalue weighted by Gasteiger charge is 2.15. The van der Waals surface area contributed by atoms with Crippen LogP contribution < -0.4 is 0 Å². The Morgan fingerprint density at radius 3 is 2.53 bits per heavy atom. The van der Waals surface area contributed by atoms with E-state index in [-0.39, 0.29) is 0 Å². The van der Waals surface area contributed by atoms with Crippen LogP contribution in [0.25, 0.3) is 22.6 Å². The molecule has 32 heavy (non-hydrogen) atoms. The van der Waals surface area contributed by atoms with E-state index in [1.165, 1.54) is 25.7 Å². The van der Waals surface area contributed by atoms with Gasteiger partial charge in [-0.25, -0.2) is 4.98 Å². The second-order valence-corrected chi connectivity index (χ2v) is 8.10. The summed E-state index contributed by atoms with van der Waals surface area (Å²) < 4.78 is 0. The Balaban J connectivity index is 1.43. The van der Waals surface area contributed by atoms with E-state index in [9.17, 15) is 0 Å². The van der Waals surface area contributed by atoms with Crippen molar-refractivity contribution in [2.45, 2.75) is 64.7 Å². The van der Waals surface area contributed by atoms with Crippen molar-refractivity contribution in [3.8, 4) is 22.6 Å². The zero-order valence-corrected chi connectivity index (χ0v) is 18.8. The van der Waals surface area contributed by atoms with Crippen LogP contribution in [0, 0.1) is 0 Å². The van der Waals surface area contributed by atoms with E-state index in [1.807, 2.05) is 36.5 Å². The summed E-state index contributed by atoms with van der Waals surface area (Å²) in [5.41, 5.74) is 3.82. The average Bonchev–Trinajstić information content (AvgIpc) is 3.53. The molecule has 0 aliphatic carbocycles. The van der Waals surface area contributed by atoms with Gasteiger partial charge in [-0.15, -0.1) is 10.2 Å². The Morgan fingerprint density at radius 1 is 0.938 bits per heavy atom. The molecule has 8 heteroatoms. The Bertz CT molecular complexity index is 1090. The molecule has 0 bridgehead atoms. The number of aromatic amines is 2. The van der Waals surface area contributed by atoms with Crippen molar-refractivity contribution >= 4 is 0 Å². The number of hydrogen-bond donors (Lipinski definition) is 2. The number of unbranched alkanes of at least 4 members (excludes halogenated alkanes) is 3. The van der Waals surface area contributed by atoms with Crippen LogP contribution in [-0.2, 0) is 6.42 Å². The number of nitrogens with zero attached hydrogens (tertiary/aromatic N) is 6. The van der Waals surface area contributed by atoms with E-state index >= 15 is 0 Å². The lowest BCUT2D eigenvalue weighted by molar-refractivity contribution is 0.523. The van der Waals surface area contributed by atoms with Crippen molar-refractivity contribution in [1.82, 2.24) is 40.8 Å². The summed E-state index contributed by atoms with van der Waals surface area (Å²) >= 11 is 0. The van der Waals surface area contributed by atoms with Crippen LogP contribution in [0.5, 0.6) is 0 Å². The summed E-state index contributed by atoms with van der Waals surface area (Å²) in [5.74, 6) is 2.81. The minimum absolute atomic E-state index is 0.430. The zero-order chi connectivity index (χ0) is 22.2. The van der Waals surface area contributed by atoms with E-state index < -0.39 is 0 Å². The van der Waals surface area contributed by atoms with E-state index in [2.05, 4.69) is 55.7 Å². The maximum atomic E-state index is 4.78. The molecule has 0 amide bonds. The van der Waals surface area contributed by atoms with Crippen LogP contribution in [0.4, 0.5) is 0 Å². The fraction of sp³-hybridized carbons (Fsp3) is 0.417. The summed E-state index contributed by atoms with van der Waals surface area (Å²) in [5, 5.41) is 22.0. The largest absolute Gasteiger partial charge is 0.263 e. The summed E-state index contributed by atoms with van der Waals surface area (Å²) in [6, 6.07) is 12.0. The first-order chi connectivity index (χ1) is 15.8. The molecule has 0 radical (unpaired) electrons. The zero-order valence-electron chi connectivity index (χ0n) is 18.8. The molecule has 3 aromatic heterocycles. The highest BCUT2D eigenvalue weighted by atomic mass is 15.5. The standard InChI is InChI=1S/C24H30N8/c1-3-5-6-7-10-18(4-2)23-26-22(27-28-23)15-17-13-14-21(25-16-17)19-11-8-9-12-20(19)24-29-31-32-30-24/h8-9,11-14,16,18H,3-7,10,15H2,1-2H3,(H,26,27,28)(H,29,30,31,32). The van der Waals surface area contributed by atoms with Crippen molar-refractivity contribution in [3.63, 3.8) is 0 Å². The van der Waals surface area contributed by atoms with Crippen molar-refractivity contribution in [2.75, 3.05) is 0 Å². The molecule has 4 rings (SSSR count). The normalized spacial score (nSPS) is 12.2. The molecule has 8 nitrogen and oxygen atoms in total. The maximum absolute atomic E-state index is 4.78. The first kappa shape index (κ1) is 21.8. The van der Waals surface area contributed by atoms with Gasteiger partial charge in [0.15, 0.2) is 5.82 Å². The number of pyridine rings is 1. The molecular weight excluding hydrogens is 400 g/mol. The number of hydrogen-bond acceptors (Lipinski definition) is 6. The number of tetrazole rings is 1. The Kier molecular flexibility index (Phi) is 7.32. The first-order valence-electron chi connectivity index (χ1n) is 11.5. The first-order valence-corrected chi connectivity index (χ1v) is 11.5. The van der Waals surface area contributed by atoms with Crippen LogP contribution >= 0.6 is 0 Å². The molecule has 1 unspecified atom stereocenters. The van der Waals surface area contributed by atoms with Gasteiger partial charge >= 0.3 is 0 Å². The van der Waals surface area contributed by atoms with Gasteiger partial charge in [-0.05, 0) is 29.7 Å². The van der Waals surface area contributed by atoms with Crippen molar-refractivity contribution < 1.29 is 0 Å². The fourth-order valence-electron chi connectivity index (χ4n) is 3.96. The van der Waals surface area contributed by atoms with Crippen molar-refractivity contribution in [2.24, 2.45) is 0 Å². The van der Waals surface area contributed by atoms with Crippen LogP contribution in [0.2, 0.25) is 0 Å². The van der Waals surface area contributed by atoms with Gasteiger partial charge in [-0.1, -0.05) is 69.9 Å². The summed E-state index contributed by atoms with van der Waals surface area (Å²) in [7, 11) is 0. The van der Waals surface area contributed by atoms with Gasteiger partial charge in [0.25, 0.3) is 0 Å². The Morgan fingerprint density at radius 2 is 1.81 bits per heavy atom. The molecule has 0 aliphatic heterocycles. The smallest absolute Gasteiger partial charge is 0.205 e. The van der Waals surface area contributed by atoms with Crippen LogP contribution in [-0.4, -0.2) is 40.8 Å². The minimum Gasteiger partial charge on any atom is -0.263 e. The molecule has 0 spiro atoms. The van der Waals surface area contributed by atoms with Gasteiger partial charge in [0, 0.05) is 29.7 Å². The van der Waals surface area contributed by atoms with Crippen molar-refractivity contribution in [3.05, 3.63) is 59.8 Å². The highest BCUT2D eigenvalue weighted by Crippen LogP contribution is 2.28. The lowest BCUT2D eigenvalue weighted by atomic mass is 9.97. The molecule has 3 heterocycles. The Labute approximate surface area is 188 Å². The lowest BCUT2D eigenvalue weighted by Gasteiger charge is -2.10. The van der Waals surface area contributed by atoms with Gasteiger partial charge in [0.2, 0.25) is 5.82 Å². The topological polar surface area (TPSA) is 109 Å². The fourth-order valence-corrected chi connectivity index (χ4v) is 3.96. The average molecular weight is 431 g/mol. The quantitative estimate of drug-likeness (QED) is 0.320. The summed E-state index contributed by atoms with van der Waals surface area (Å²) in [6.45, 7) is 4.46. The van der Waals surface area contributed by atoms with Crippen LogP contribution in [0.15, 0.2) is 42.6 Å². The third-order valence-electron chi connectivity index (χ3n) is 5.80. The van der Waals surface area contributed by atoms with E-state index in [0.717, 1.165) is 46.9 Å². The van der Waals surface area contributed by atoms with Crippen molar-refractivity contribution in [1.29, 1.82) is 0 Å². The monoisotopic (exact) mass is 430 g/mol. The van der Waals surface area contributed by atoms with Gasteiger partial charge in [-0.3, -0.25) is 10.1 Å². The van der Waals surface area contributed by atoms with Gasteiger partial charge in [0.1, 0.15) is 5.82 Å². The van der Waals surface area contributed by atoms with Gasteiger partial charge in [-0.2, -0.15) is 10.3 Å². The van der Waals surface area contributed by atoms with E-state index in [1.54, 1.807) is 0 Å². The predicted molar refractivity (Wildman–Crippen MR) is 124 cm³/mol. The molecule has 0 saturated carbocycles. The van der Waals surface area contributed by atoms with Crippen LogP contribution in [0.1, 0.15) is 75.5 Å². The van der Waals surface area contributed by atoms with Crippen LogP contribution in [0.3, 0.4) is 0 Å². The second kappa shape index (κ2) is 10.7. The van der Waals surface area contributed by atoms with E-state index in [0.29, 0.717) is 18.2 Å². The maximum Gasteiger partial charge on any atom is 0.205 e. The summed E-state index contributed by atoms with van der Waals surface area (Å²) in [4.78, 5) is 9.47. The number of benzene rings is 1. The third-order valence-corrected chi connectivity index (χ3v) is 5.80. The second-order valence-electron chi connectivity index (χ2n) is 8.10. The molecule has 0 aliphatic rings. The molecule has 0 saturated heterocycles. The number of rotatable bonds is 11. The molecular formula is C24H30N8. The molecule has 2 N–H and O–H groups in total. The van der Waals surface area contributed by atoms with E-state index in [4.69, 9.17) is 4.98 Å². The highest BCUT2D eigenvalue weighted by molar-refractivity contribution is 5.78.